The molecule has 0 atom stereocenters. The molecule has 0 fully saturated rings. The Hall–Kier alpha value is -3.28. The number of rotatable bonds is 1. The molecule has 0 amide bonds. The molecule has 1 aliphatic rings. The maximum atomic E-state index is 4.40. The maximum absolute atomic E-state index is 4.40. The number of hydrogen-bond acceptors (Lipinski definition) is 5. The van der Waals surface area contributed by atoms with Crippen molar-refractivity contribution in [3.63, 3.8) is 0 Å². The number of imidazole rings is 1. The van der Waals surface area contributed by atoms with Crippen molar-refractivity contribution in [1.29, 1.82) is 0 Å². The van der Waals surface area contributed by atoms with Crippen LogP contribution in [0.2, 0.25) is 0 Å². The molecule has 30 heavy (non-hydrogen) atoms. The van der Waals surface area contributed by atoms with Gasteiger partial charge in [-0.3, -0.25) is 4.98 Å². The second-order valence-corrected chi connectivity index (χ2v) is 6.55. The minimum absolute atomic E-state index is 0. The van der Waals surface area contributed by atoms with Crippen LogP contribution in [0.4, 0.5) is 5.69 Å². The molecule has 0 aliphatic carbocycles. The summed E-state index contributed by atoms with van der Waals surface area (Å²) in [6.45, 7) is 2.01. The van der Waals surface area contributed by atoms with Gasteiger partial charge in [0.25, 0.3) is 0 Å². The van der Waals surface area contributed by atoms with Crippen LogP contribution in [0.5, 0.6) is 0 Å². The van der Waals surface area contributed by atoms with Crippen molar-refractivity contribution in [1.82, 2.24) is 24.3 Å². The number of fused-ring (bicyclic) bond motifs is 6. The van der Waals surface area contributed by atoms with Crippen molar-refractivity contribution >= 4 is 33.3 Å². The van der Waals surface area contributed by atoms with Crippen molar-refractivity contribution in [3.05, 3.63) is 98.5 Å². The molecule has 0 bridgehead atoms. The van der Waals surface area contributed by atoms with E-state index in [0.717, 1.165) is 33.3 Å². The molecule has 4 aromatic heterocycles. The van der Waals surface area contributed by atoms with E-state index in [-0.39, 0.29) is 20.1 Å². The van der Waals surface area contributed by atoms with Crippen molar-refractivity contribution in [2.75, 3.05) is 11.9 Å². The quantitative estimate of drug-likeness (QED) is 0.225. The number of pyridine rings is 3. The first kappa shape index (κ1) is 20.0. The van der Waals surface area contributed by atoms with Crippen LogP contribution in [0.3, 0.4) is 0 Å². The van der Waals surface area contributed by atoms with Gasteiger partial charge in [-0.1, -0.05) is 18.3 Å². The maximum Gasteiger partial charge on any atom is 3.00 e. The summed E-state index contributed by atoms with van der Waals surface area (Å²) in [6.07, 6.45) is 12.3. The summed E-state index contributed by atoms with van der Waals surface area (Å²) in [5, 5.41) is 2.14. The van der Waals surface area contributed by atoms with Gasteiger partial charge in [0.15, 0.2) is 0 Å². The van der Waals surface area contributed by atoms with Gasteiger partial charge in [-0.05, 0) is 48.5 Å². The first-order valence-electron chi connectivity index (χ1n) is 9.18. The average Bonchev–Trinajstić information content (AvgIpc) is 3.45. The SMILES string of the molecule is CN1C=CN(c2[c-]cccc2)[CH-]1.[Ir+3].[c-]1cnc2c3ncccc3c3cccnc3n12. The second-order valence-electron chi connectivity index (χ2n) is 6.55. The van der Waals surface area contributed by atoms with Crippen LogP contribution in [0, 0.1) is 18.9 Å². The van der Waals surface area contributed by atoms with Gasteiger partial charge in [-0.15, -0.1) is 5.69 Å². The van der Waals surface area contributed by atoms with Crippen LogP contribution in [0.25, 0.3) is 27.6 Å². The molecule has 6 nitrogen and oxygen atoms in total. The predicted octanol–water partition coefficient (Wildman–Crippen LogP) is 4.06. The monoisotopic (exact) mass is 570 g/mol. The molecule has 0 N–H and O–H groups in total. The summed E-state index contributed by atoms with van der Waals surface area (Å²) >= 11 is 0. The Kier molecular flexibility index (Phi) is 5.74. The predicted molar refractivity (Wildman–Crippen MR) is 114 cm³/mol. The van der Waals surface area contributed by atoms with Crippen LogP contribution in [-0.4, -0.2) is 31.3 Å². The fraction of sp³-hybridized carbons (Fsp3) is 0.0435. The molecule has 1 aromatic carbocycles. The number of aromatic nitrogens is 4. The van der Waals surface area contributed by atoms with E-state index in [0.29, 0.717) is 0 Å². The minimum atomic E-state index is 0. The molecule has 0 spiro atoms. The minimum Gasteiger partial charge on any atom is -0.510 e. The Morgan fingerprint density at radius 3 is 2.47 bits per heavy atom. The fourth-order valence-electron chi connectivity index (χ4n) is 3.32. The molecule has 0 saturated heterocycles. The molecule has 148 valence electrons. The molecule has 0 radical (unpaired) electrons. The summed E-state index contributed by atoms with van der Waals surface area (Å²) in [7, 11) is 2.00. The summed E-state index contributed by atoms with van der Waals surface area (Å²) < 4.78 is 1.85. The molecular weight excluding hydrogens is 553 g/mol. The van der Waals surface area contributed by atoms with Gasteiger partial charge in [-0.2, -0.15) is 37.0 Å². The van der Waals surface area contributed by atoms with Crippen LogP contribution < -0.4 is 4.90 Å². The molecule has 6 rings (SSSR count). The van der Waals surface area contributed by atoms with E-state index in [1.54, 1.807) is 18.6 Å². The van der Waals surface area contributed by atoms with Crippen molar-refractivity contribution < 1.29 is 20.1 Å². The molecule has 5 heterocycles. The third-order valence-corrected chi connectivity index (χ3v) is 4.63. The second kappa shape index (κ2) is 8.61. The number of hydrogen-bond donors (Lipinski definition) is 0. The zero-order valence-electron chi connectivity index (χ0n) is 16.1. The van der Waals surface area contributed by atoms with Crippen molar-refractivity contribution in [3.8, 4) is 0 Å². The molecule has 0 unspecified atom stereocenters. The van der Waals surface area contributed by atoms with Crippen molar-refractivity contribution in [2.24, 2.45) is 0 Å². The Morgan fingerprint density at radius 1 is 0.867 bits per heavy atom. The van der Waals surface area contributed by atoms with Crippen LogP contribution in [-0.2, 0) is 20.1 Å². The van der Waals surface area contributed by atoms with E-state index in [1.807, 2.05) is 88.8 Å². The standard InChI is InChI=1S/C13H7N4.C10H10N2.Ir/c1-3-9-10-4-2-6-15-12(10)17-8-7-16-13(17)11(9)14-5-1;1-11-7-8-12(9-11)10-5-3-2-4-6-10;/h1-7H;2-5,7-9H,1H3;/q-1;-2;+3. The summed E-state index contributed by atoms with van der Waals surface area (Å²) in [5.41, 5.74) is 3.61. The fourth-order valence-corrected chi connectivity index (χ4v) is 3.32. The van der Waals surface area contributed by atoms with Gasteiger partial charge in [0.2, 0.25) is 0 Å². The number of para-hydroxylation sites is 1. The summed E-state index contributed by atoms with van der Waals surface area (Å²) in [5.74, 6) is 0. The van der Waals surface area contributed by atoms with E-state index >= 15 is 0 Å². The zero-order chi connectivity index (χ0) is 19.6. The Morgan fingerprint density at radius 2 is 1.70 bits per heavy atom. The zero-order valence-corrected chi connectivity index (χ0v) is 18.5. The molecule has 1 aliphatic heterocycles. The van der Waals surface area contributed by atoms with Gasteiger partial charge < -0.3 is 24.2 Å². The van der Waals surface area contributed by atoms with E-state index in [1.165, 1.54) is 0 Å². The largest absolute Gasteiger partial charge is 3.00 e. The van der Waals surface area contributed by atoms with E-state index in [4.69, 9.17) is 0 Å². The molecule has 0 saturated carbocycles. The van der Waals surface area contributed by atoms with Crippen LogP contribution >= 0.6 is 0 Å². The summed E-state index contributed by atoms with van der Waals surface area (Å²) in [4.78, 5) is 17.1. The third-order valence-electron chi connectivity index (χ3n) is 4.63. The van der Waals surface area contributed by atoms with Gasteiger partial charge in [0.05, 0.1) is 11.2 Å². The Labute approximate surface area is 187 Å². The van der Waals surface area contributed by atoms with E-state index in [9.17, 15) is 0 Å². The topological polar surface area (TPSA) is 49.6 Å². The normalized spacial score (nSPS) is 12.8. The van der Waals surface area contributed by atoms with Gasteiger partial charge in [-0.25, -0.2) is 0 Å². The molecule has 5 aromatic rings. The Balaban J connectivity index is 0.000000149. The molecule has 7 heteroatoms. The van der Waals surface area contributed by atoms with Gasteiger partial charge >= 0.3 is 20.1 Å². The van der Waals surface area contributed by atoms with E-state index in [2.05, 4.69) is 27.2 Å². The Bertz CT molecular complexity index is 1250. The molecular formula is C23H17IrN6. The number of benzene rings is 1. The number of nitrogens with zero attached hydrogens (tertiary/aromatic N) is 6. The average molecular weight is 570 g/mol. The van der Waals surface area contributed by atoms with E-state index < -0.39 is 0 Å². The number of anilines is 1. The van der Waals surface area contributed by atoms with Crippen LogP contribution in [0.15, 0.2) is 79.5 Å². The first-order chi connectivity index (χ1) is 14.3. The van der Waals surface area contributed by atoms with Gasteiger partial charge in [0, 0.05) is 18.0 Å². The van der Waals surface area contributed by atoms with Crippen molar-refractivity contribution in [2.45, 2.75) is 0 Å². The van der Waals surface area contributed by atoms with Gasteiger partial charge in [0.1, 0.15) is 0 Å². The first-order valence-corrected chi connectivity index (χ1v) is 9.18. The summed E-state index contributed by atoms with van der Waals surface area (Å²) in [6, 6.07) is 19.0. The third kappa shape index (κ3) is 3.65. The smallest absolute Gasteiger partial charge is 0.510 e. The van der Waals surface area contributed by atoms with Crippen LogP contribution in [0.1, 0.15) is 0 Å².